The van der Waals surface area contributed by atoms with Crippen LogP contribution in [0.5, 0.6) is 0 Å². The van der Waals surface area contributed by atoms with E-state index in [2.05, 4.69) is 15.4 Å². The van der Waals surface area contributed by atoms with Gasteiger partial charge in [-0.15, -0.1) is 0 Å². The van der Waals surface area contributed by atoms with E-state index in [-0.39, 0.29) is 11.9 Å². The molecule has 2 aromatic carbocycles. The van der Waals surface area contributed by atoms with Gasteiger partial charge in [0.1, 0.15) is 12.1 Å². The molecule has 5 nitrogen and oxygen atoms in total. The highest BCUT2D eigenvalue weighted by Gasteiger charge is 2.23. The summed E-state index contributed by atoms with van der Waals surface area (Å²) >= 11 is 0. The summed E-state index contributed by atoms with van der Waals surface area (Å²) in [6, 6.07) is 20.6. The number of nitrogens with zero attached hydrogens (tertiary/aromatic N) is 3. The summed E-state index contributed by atoms with van der Waals surface area (Å²) in [5, 5.41) is 1.59. The molecule has 1 heterocycles. The van der Waals surface area contributed by atoms with Crippen molar-refractivity contribution in [2.75, 3.05) is 5.43 Å². The zero-order valence-corrected chi connectivity index (χ0v) is 13.3. The molecule has 0 saturated carbocycles. The number of benzene rings is 2. The van der Waals surface area contributed by atoms with Crippen LogP contribution in [0, 0.1) is 0 Å². The number of anilines is 1. The number of aromatic nitrogens is 2. The number of amides is 1. The molecule has 0 fully saturated rings. The molecule has 1 amide bonds. The molecule has 1 N–H and O–H groups in total. The minimum Gasteiger partial charge on any atom is -0.278 e. The zero-order valence-electron chi connectivity index (χ0n) is 13.3. The second kappa shape index (κ2) is 7.37. The van der Waals surface area contributed by atoms with Crippen molar-refractivity contribution in [3.05, 3.63) is 90.4 Å². The minimum atomic E-state index is -0.172. The van der Waals surface area contributed by atoms with Gasteiger partial charge in [0.2, 0.25) is 0 Å². The summed E-state index contributed by atoms with van der Waals surface area (Å²) in [6.07, 6.45) is 3.08. The largest absolute Gasteiger partial charge is 0.278 e. The molecule has 0 aliphatic heterocycles. The molecule has 0 aliphatic carbocycles. The molecular weight excluding hydrogens is 300 g/mol. The highest BCUT2D eigenvalue weighted by Crippen LogP contribution is 2.22. The summed E-state index contributed by atoms with van der Waals surface area (Å²) < 4.78 is 0. The highest BCUT2D eigenvalue weighted by atomic mass is 16.2. The van der Waals surface area contributed by atoms with E-state index in [1.807, 2.05) is 55.5 Å². The first-order valence-electron chi connectivity index (χ1n) is 7.72. The van der Waals surface area contributed by atoms with E-state index >= 15 is 0 Å². The molecule has 0 bridgehead atoms. The number of carbonyl (C=O) groups excluding carboxylic acids is 1. The molecule has 0 spiro atoms. The van der Waals surface area contributed by atoms with Crippen LogP contribution in [0.2, 0.25) is 0 Å². The Morgan fingerprint density at radius 2 is 1.67 bits per heavy atom. The Kier molecular flexibility index (Phi) is 4.81. The average molecular weight is 318 g/mol. The zero-order chi connectivity index (χ0) is 16.8. The van der Waals surface area contributed by atoms with Crippen molar-refractivity contribution in [2.24, 2.45) is 0 Å². The molecule has 1 aromatic heterocycles. The summed E-state index contributed by atoms with van der Waals surface area (Å²) in [5.41, 5.74) is 4.75. The lowest BCUT2D eigenvalue weighted by Gasteiger charge is -2.30. The minimum absolute atomic E-state index is 0.120. The number of hydrogen-bond acceptors (Lipinski definition) is 4. The maximum absolute atomic E-state index is 13.0. The molecule has 0 saturated heterocycles. The van der Waals surface area contributed by atoms with E-state index in [0.29, 0.717) is 11.4 Å². The number of nitrogens with one attached hydrogen (secondary N) is 1. The van der Waals surface area contributed by atoms with Gasteiger partial charge >= 0.3 is 0 Å². The summed E-state index contributed by atoms with van der Waals surface area (Å²) in [7, 11) is 0. The monoisotopic (exact) mass is 318 g/mol. The van der Waals surface area contributed by atoms with E-state index in [9.17, 15) is 4.79 Å². The fourth-order valence-electron chi connectivity index (χ4n) is 2.40. The first-order chi connectivity index (χ1) is 11.8. The van der Waals surface area contributed by atoms with E-state index in [1.165, 1.54) is 6.33 Å². The molecule has 0 radical (unpaired) electrons. The van der Waals surface area contributed by atoms with Crippen LogP contribution in [0.25, 0.3) is 0 Å². The molecule has 3 aromatic rings. The lowest BCUT2D eigenvalue weighted by Crippen LogP contribution is -2.38. The van der Waals surface area contributed by atoms with Gasteiger partial charge in [0.15, 0.2) is 0 Å². The van der Waals surface area contributed by atoms with Gasteiger partial charge < -0.3 is 0 Å². The predicted octanol–water partition coefficient (Wildman–Crippen LogP) is 3.71. The van der Waals surface area contributed by atoms with Gasteiger partial charge in [-0.3, -0.25) is 10.2 Å². The van der Waals surface area contributed by atoms with Crippen LogP contribution in [0.4, 0.5) is 5.82 Å². The Morgan fingerprint density at radius 1 is 1.00 bits per heavy atom. The SMILES string of the molecule is CC(c1ccccc1)N(Nc1ccncn1)C(=O)c1ccccc1. The molecule has 1 atom stereocenters. The smallest absolute Gasteiger partial charge is 0.272 e. The third-order valence-corrected chi connectivity index (χ3v) is 3.73. The Morgan fingerprint density at radius 3 is 2.29 bits per heavy atom. The summed E-state index contributed by atoms with van der Waals surface area (Å²) in [5.74, 6) is 0.447. The Hall–Kier alpha value is -3.21. The average Bonchev–Trinajstić information content (AvgIpc) is 2.67. The quantitative estimate of drug-likeness (QED) is 0.729. The van der Waals surface area contributed by atoms with Crippen molar-refractivity contribution in [1.82, 2.24) is 15.0 Å². The van der Waals surface area contributed by atoms with Crippen molar-refractivity contribution in [3.8, 4) is 0 Å². The van der Waals surface area contributed by atoms with Crippen molar-refractivity contribution in [3.63, 3.8) is 0 Å². The van der Waals surface area contributed by atoms with Crippen LogP contribution >= 0.6 is 0 Å². The van der Waals surface area contributed by atoms with Crippen LogP contribution in [-0.2, 0) is 0 Å². The van der Waals surface area contributed by atoms with Gasteiger partial charge in [-0.2, -0.15) is 0 Å². The van der Waals surface area contributed by atoms with Crippen LogP contribution in [0.15, 0.2) is 79.3 Å². The van der Waals surface area contributed by atoms with Gasteiger partial charge in [0.05, 0.1) is 6.04 Å². The summed E-state index contributed by atoms with van der Waals surface area (Å²) in [4.78, 5) is 21.0. The van der Waals surface area contributed by atoms with Gasteiger partial charge in [-0.25, -0.2) is 15.0 Å². The molecule has 120 valence electrons. The van der Waals surface area contributed by atoms with Crippen LogP contribution in [0.1, 0.15) is 28.9 Å². The number of hydrazine groups is 1. The number of carbonyl (C=O) groups is 1. The van der Waals surface area contributed by atoms with Crippen molar-refractivity contribution < 1.29 is 4.79 Å². The van der Waals surface area contributed by atoms with E-state index in [0.717, 1.165) is 5.56 Å². The second-order valence-electron chi connectivity index (χ2n) is 5.33. The molecule has 5 heteroatoms. The van der Waals surface area contributed by atoms with Crippen LogP contribution in [-0.4, -0.2) is 20.9 Å². The lowest BCUT2D eigenvalue weighted by molar-refractivity contribution is 0.0739. The standard InChI is InChI=1S/C19H18N4O/c1-15(16-8-4-2-5-9-16)23(22-18-12-13-20-14-21-18)19(24)17-10-6-3-7-11-17/h2-15H,1H3,(H,20,21,22). The maximum Gasteiger partial charge on any atom is 0.272 e. The summed E-state index contributed by atoms with van der Waals surface area (Å²) in [6.45, 7) is 1.98. The van der Waals surface area contributed by atoms with Crippen molar-refractivity contribution in [1.29, 1.82) is 0 Å². The fourth-order valence-corrected chi connectivity index (χ4v) is 2.40. The van der Waals surface area contributed by atoms with Gasteiger partial charge in [-0.1, -0.05) is 48.5 Å². The Balaban J connectivity index is 1.93. The first kappa shape index (κ1) is 15.7. The Labute approximate surface area is 141 Å². The van der Waals surface area contributed by atoms with E-state index in [1.54, 1.807) is 29.4 Å². The number of hydrogen-bond donors (Lipinski definition) is 1. The Bertz CT molecular complexity index is 778. The number of rotatable bonds is 5. The van der Waals surface area contributed by atoms with Gasteiger partial charge in [0, 0.05) is 17.8 Å². The third-order valence-electron chi connectivity index (χ3n) is 3.73. The lowest BCUT2D eigenvalue weighted by atomic mass is 10.1. The van der Waals surface area contributed by atoms with Gasteiger partial charge in [-0.05, 0) is 24.6 Å². The van der Waals surface area contributed by atoms with Crippen LogP contribution in [0.3, 0.4) is 0 Å². The predicted molar refractivity (Wildman–Crippen MR) is 93.1 cm³/mol. The molecular formula is C19H18N4O. The molecule has 0 aliphatic rings. The molecule has 1 unspecified atom stereocenters. The van der Waals surface area contributed by atoms with Gasteiger partial charge in [0.25, 0.3) is 5.91 Å². The fraction of sp³-hybridized carbons (Fsp3) is 0.105. The first-order valence-corrected chi connectivity index (χ1v) is 7.72. The maximum atomic E-state index is 13.0. The molecule has 3 rings (SSSR count). The topological polar surface area (TPSA) is 58.1 Å². The van der Waals surface area contributed by atoms with Crippen LogP contribution < -0.4 is 5.43 Å². The third kappa shape index (κ3) is 3.57. The van der Waals surface area contributed by atoms with E-state index < -0.39 is 0 Å². The van der Waals surface area contributed by atoms with E-state index in [4.69, 9.17) is 0 Å². The van der Waals surface area contributed by atoms with Crippen molar-refractivity contribution in [2.45, 2.75) is 13.0 Å². The van der Waals surface area contributed by atoms with Crippen molar-refractivity contribution >= 4 is 11.7 Å². The second-order valence-corrected chi connectivity index (χ2v) is 5.33. The normalized spacial score (nSPS) is 11.5. The molecule has 24 heavy (non-hydrogen) atoms. The highest BCUT2D eigenvalue weighted by molar-refractivity contribution is 5.95.